The lowest BCUT2D eigenvalue weighted by Gasteiger charge is -2.31. The molecule has 0 bridgehead atoms. The molecule has 1 heterocycles. The highest BCUT2D eigenvalue weighted by atomic mass is 16.3. The summed E-state index contributed by atoms with van der Waals surface area (Å²) in [7, 11) is 0. The van der Waals surface area contributed by atoms with Gasteiger partial charge < -0.3 is 15.3 Å². The third-order valence-electron chi connectivity index (χ3n) is 3.66. The number of hydrogen-bond acceptors (Lipinski definition) is 3. The zero-order valence-corrected chi connectivity index (χ0v) is 10.7. The molecule has 0 fully saturated rings. The molecule has 0 aromatic heterocycles. The van der Waals surface area contributed by atoms with Gasteiger partial charge in [0.25, 0.3) is 0 Å². The molecular weight excluding hydrogens is 212 g/mol. The van der Waals surface area contributed by atoms with Gasteiger partial charge in [0.05, 0.1) is 0 Å². The monoisotopic (exact) mass is 234 g/mol. The normalized spacial score (nSPS) is 18.9. The van der Waals surface area contributed by atoms with Crippen LogP contribution in [0, 0.1) is 0 Å². The van der Waals surface area contributed by atoms with Crippen LogP contribution in [0.3, 0.4) is 0 Å². The van der Waals surface area contributed by atoms with Crippen LogP contribution in [-0.2, 0) is 0 Å². The topological polar surface area (TPSA) is 35.5 Å². The van der Waals surface area contributed by atoms with E-state index in [1.54, 1.807) is 6.07 Å². The number of fused-ring (bicyclic) bond motifs is 1. The summed E-state index contributed by atoms with van der Waals surface area (Å²) in [6.07, 6.45) is 1.17. The maximum atomic E-state index is 9.50. The number of nitrogens with one attached hydrogen (secondary N) is 1. The van der Waals surface area contributed by atoms with Gasteiger partial charge in [-0.25, -0.2) is 0 Å². The lowest BCUT2D eigenvalue weighted by molar-refractivity contribution is 0.278. The van der Waals surface area contributed by atoms with E-state index >= 15 is 0 Å². The number of anilines is 1. The molecule has 0 saturated heterocycles. The summed E-state index contributed by atoms with van der Waals surface area (Å²) >= 11 is 0. The molecule has 17 heavy (non-hydrogen) atoms. The molecule has 1 aliphatic heterocycles. The SMILES string of the molecule is CCN(CC)CC1CCNc2cc(O)ccc21. The van der Waals surface area contributed by atoms with Gasteiger partial charge in [-0.1, -0.05) is 19.9 Å². The Kier molecular flexibility index (Phi) is 3.89. The lowest BCUT2D eigenvalue weighted by Crippen LogP contribution is -2.31. The number of rotatable bonds is 4. The fourth-order valence-corrected chi connectivity index (χ4v) is 2.57. The minimum absolute atomic E-state index is 0.347. The number of benzene rings is 1. The Bertz CT molecular complexity index is 374. The van der Waals surface area contributed by atoms with Gasteiger partial charge in [0.2, 0.25) is 0 Å². The van der Waals surface area contributed by atoms with E-state index < -0.39 is 0 Å². The highest BCUT2D eigenvalue weighted by Gasteiger charge is 2.21. The molecule has 1 atom stereocenters. The van der Waals surface area contributed by atoms with E-state index in [2.05, 4.69) is 30.1 Å². The molecule has 0 saturated carbocycles. The van der Waals surface area contributed by atoms with E-state index in [0.29, 0.717) is 11.7 Å². The van der Waals surface area contributed by atoms with Crippen molar-refractivity contribution in [3.05, 3.63) is 23.8 Å². The van der Waals surface area contributed by atoms with Crippen molar-refractivity contribution in [1.82, 2.24) is 4.90 Å². The standard InChI is InChI=1S/C14H22N2O/c1-3-16(4-2)10-11-7-8-15-14-9-12(17)5-6-13(11)14/h5-6,9,11,15,17H,3-4,7-8,10H2,1-2H3. The van der Waals surface area contributed by atoms with Crippen molar-refractivity contribution in [2.45, 2.75) is 26.2 Å². The Labute approximate surface area is 103 Å². The smallest absolute Gasteiger partial charge is 0.117 e. The molecule has 2 rings (SSSR count). The molecule has 1 aromatic rings. The fraction of sp³-hybridized carbons (Fsp3) is 0.571. The third kappa shape index (κ3) is 2.72. The first-order valence-corrected chi connectivity index (χ1v) is 6.53. The number of phenols is 1. The van der Waals surface area contributed by atoms with Gasteiger partial charge in [0, 0.05) is 30.8 Å². The summed E-state index contributed by atoms with van der Waals surface area (Å²) in [6, 6.07) is 5.69. The zero-order chi connectivity index (χ0) is 12.3. The van der Waals surface area contributed by atoms with Gasteiger partial charge in [-0.2, -0.15) is 0 Å². The molecule has 0 spiro atoms. The summed E-state index contributed by atoms with van der Waals surface area (Å²) in [6.45, 7) is 8.75. The van der Waals surface area contributed by atoms with E-state index in [1.165, 1.54) is 12.0 Å². The van der Waals surface area contributed by atoms with Crippen molar-refractivity contribution in [3.63, 3.8) is 0 Å². The highest BCUT2D eigenvalue weighted by Crippen LogP contribution is 2.34. The Morgan fingerprint density at radius 3 is 2.82 bits per heavy atom. The predicted molar refractivity (Wildman–Crippen MR) is 71.7 cm³/mol. The first-order valence-electron chi connectivity index (χ1n) is 6.53. The van der Waals surface area contributed by atoms with Gasteiger partial charge in [0.1, 0.15) is 5.75 Å². The lowest BCUT2D eigenvalue weighted by atomic mass is 9.90. The van der Waals surface area contributed by atoms with Gasteiger partial charge in [0.15, 0.2) is 0 Å². The number of likely N-dealkylation sites (N-methyl/N-ethyl adjacent to an activating group) is 1. The average molecular weight is 234 g/mol. The van der Waals surface area contributed by atoms with Crippen molar-refractivity contribution in [3.8, 4) is 5.75 Å². The average Bonchev–Trinajstić information content (AvgIpc) is 2.35. The Balaban J connectivity index is 2.16. The van der Waals surface area contributed by atoms with Gasteiger partial charge in [-0.05, 0) is 31.1 Å². The van der Waals surface area contributed by atoms with Crippen LogP contribution in [0.4, 0.5) is 5.69 Å². The first kappa shape index (κ1) is 12.2. The summed E-state index contributed by atoms with van der Waals surface area (Å²) < 4.78 is 0. The fourth-order valence-electron chi connectivity index (χ4n) is 2.57. The maximum absolute atomic E-state index is 9.50. The van der Waals surface area contributed by atoms with Crippen LogP contribution in [0.2, 0.25) is 0 Å². The molecule has 1 aromatic carbocycles. The number of phenolic OH excluding ortho intramolecular Hbond substituents is 1. The van der Waals surface area contributed by atoms with Crippen molar-refractivity contribution < 1.29 is 5.11 Å². The summed E-state index contributed by atoms with van der Waals surface area (Å²) in [4.78, 5) is 2.46. The van der Waals surface area contributed by atoms with Gasteiger partial charge in [-0.3, -0.25) is 0 Å². The number of hydrogen-bond donors (Lipinski definition) is 2. The summed E-state index contributed by atoms with van der Waals surface area (Å²) in [5.41, 5.74) is 2.45. The molecule has 3 heteroatoms. The van der Waals surface area contributed by atoms with Crippen LogP contribution in [0.15, 0.2) is 18.2 Å². The maximum Gasteiger partial charge on any atom is 0.117 e. The van der Waals surface area contributed by atoms with Crippen LogP contribution >= 0.6 is 0 Å². The predicted octanol–water partition coefficient (Wildman–Crippen LogP) is 2.63. The minimum atomic E-state index is 0.347. The second kappa shape index (κ2) is 5.41. The van der Waals surface area contributed by atoms with Crippen molar-refractivity contribution in [2.24, 2.45) is 0 Å². The molecule has 0 radical (unpaired) electrons. The zero-order valence-electron chi connectivity index (χ0n) is 10.7. The largest absolute Gasteiger partial charge is 0.508 e. The number of nitrogens with zero attached hydrogens (tertiary/aromatic N) is 1. The minimum Gasteiger partial charge on any atom is -0.508 e. The van der Waals surface area contributed by atoms with Crippen LogP contribution in [0.5, 0.6) is 5.75 Å². The molecule has 2 N–H and O–H groups in total. The van der Waals surface area contributed by atoms with Crippen molar-refractivity contribution in [1.29, 1.82) is 0 Å². The Morgan fingerprint density at radius 1 is 1.35 bits per heavy atom. The molecule has 0 aliphatic carbocycles. The van der Waals surface area contributed by atoms with Crippen molar-refractivity contribution in [2.75, 3.05) is 31.5 Å². The molecule has 3 nitrogen and oxygen atoms in total. The van der Waals surface area contributed by atoms with Crippen LogP contribution in [-0.4, -0.2) is 36.2 Å². The van der Waals surface area contributed by atoms with Crippen LogP contribution in [0.25, 0.3) is 0 Å². The van der Waals surface area contributed by atoms with Gasteiger partial charge >= 0.3 is 0 Å². The summed E-state index contributed by atoms with van der Waals surface area (Å²) in [5.74, 6) is 0.937. The summed E-state index contributed by atoms with van der Waals surface area (Å²) in [5, 5.41) is 12.9. The number of aromatic hydroxyl groups is 1. The molecule has 1 aliphatic rings. The molecular formula is C14H22N2O. The quantitative estimate of drug-likeness (QED) is 0.840. The molecule has 0 amide bonds. The Morgan fingerprint density at radius 2 is 2.12 bits per heavy atom. The van der Waals surface area contributed by atoms with E-state index in [9.17, 15) is 5.11 Å². The third-order valence-corrected chi connectivity index (χ3v) is 3.66. The van der Waals surface area contributed by atoms with Crippen molar-refractivity contribution >= 4 is 5.69 Å². The van der Waals surface area contributed by atoms with E-state index in [1.807, 2.05) is 6.07 Å². The first-order chi connectivity index (χ1) is 8.24. The molecule has 94 valence electrons. The highest BCUT2D eigenvalue weighted by molar-refractivity contribution is 5.58. The molecule has 1 unspecified atom stereocenters. The van der Waals surface area contributed by atoms with Crippen LogP contribution in [0.1, 0.15) is 31.7 Å². The van der Waals surface area contributed by atoms with E-state index in [-0.39, 0.29) is 0 Å². The second-order valence-corrected chi connectivity index (χ2v) is 4.67. The second-order valence-electron chi connectivity index (χ2n) is 4.67. The van der Waals surface area contributed by atoms with E-state index in [4.69, 9.17) is 0 Å². The van der Waals surface area contributed by atoms with Gasteiger partial charge in [-0.15, -0.1) is 0 Å². The Hall–Kier alpha value is -1.22. The van der Waals surface area contributed by atoms with E-state index in [0.717, 1.165) is 31.9 Å². The van der Waals surface area contributed by atoms with Crippen LogP contribution < -0.4 is 5.32 Å².